The number of carbonyl (C=O) groups excluding carboxylic acids is 2. The van der Waals surface area contributed by atoms with Crippen LogP contribution in [0.15, 0.2) is 33.5 Å². The molecule has 7 heteroatoms. The Bertz CT molecular complexity index is 1030. The second kappa shape index (κ2) is 8.73. The van der Waals surface area contributed by atoms with E-state index in [-0.39, 0.29) is 30.3 Å². The first-order chi connectivity index (χ1) is 14.5. The highest BCUT2D eigenvalue weighted by Gasteiger charge is 2.50. The summed E-state index contributed by atoms with van der Waals surface area (Å²) in [6.45, 7) is 11.2. The summed E-state index contributed by atoms with van der Waals surface area (Å²) in [5.41, 5.74) is -0.862. The first-order valence-corrected chi connectivity index (χ1v) is 10.6. The third-order valence-corrected chi connectivity index (χ3v) is 5.07. The first kappa shape index (κ1) is 22.8. The summed E-state index contributed by atoms with van der Waals surface area (Å²) in [4.78, 5) is 37.2. The van der Waals surface area contributed by atoms with Gasteiger partial charge in [0.1, 0.15) is 16.9 Å². The van der Waals surface area contributed by atoms with Gasteiger partial charge in [0.25, 0.3) is 0 Å². The highest BCUT2D eigenvalue weighted by Crippen LogP contribution is 2.46. The maximum Gasteiger partial charge on any atom is 0.336 e. The average molecular weight is 430 g/mol. The average Bonchev–Trinajstić information content (AvgIpc) is 2.62. The molecule has 0 radical (unpaired) electrons. The summed E-state index contributed by atoms with van der Waals surface area (Å²) >= 11 is 0. The van der Waals surface area contributed by atoms with Crippen LogP contribution >= 0.6 is 0 Å². The van der Waals surface area contributed by atoms with Crippen LogP contribution in [-0.4, -0.2) is 23.6 Å². The van der Waals surface area contributed by atoms with Gasteiger partial charge in [0.15, 0.2) is 12.2 Å². The van der Waals surface area contributed by atoms with E-state index in [1.165, 1.54) is 6.07 Å². The highest BCUT2D eigenvalue weighted by molar-refractivity contribution is 5.83. The van der Waals surface area contributed by atoms with Crippen molar-refractivity contribution in [3.8, 4) is 5.75 Å². The van der Waals surface area contributed by atoms with Crippen LogP contribution in [0.5, 0.6) is 5.75 Å². The van der Waals surface area contributed by atoms with Gasteiger partial charge >= 0.3 is 17.6 Å². The molecule has 0 unspecified atom stereocenters. The fraction of sp³-hybridized carbons (Fsp3) is 0.542. The monoisotopic (exact) mass is 430 g/mol. The molecule has 31 heavy (non-hydrogen) atoms. The molecule has 2 heterocycles. The predicted octanol–water partition coefficient (Wildman–Crippen LogP) is 4.55. The maximum absolute atomic E-state index is 12.7. The normalized spacial score (nSPS) is 19.7. The van der Waals surface area contributed by atoms with Gasteiger partial charge in [-0.05, 0) is 43.9 Å². The molecular weight excluding hydrogens is 400 g/mol. The fourth-order valence-corrected chi connectivity index (χ4v) is 3.72. The molecule has 0 saturated heterocycles. The van der Waals surface area contributed by atoms with Crippen LogP contribution in [0.2, 0.25) is 0 Å². The lowest BCUT2D eigenvalue weighted by atomic mass is 9.87. The third kappa shape index (κ3) is 5.09. The second-order valence-corrected chi connectivity index (χ2v) is 9.37. The molecule has 0 spiro atoms. The minimum Gasteiger partial charge on any atom is -0.483 e. The van der Waals surface area contributed by atoms with Gasteiger partial charge in [-0.3, -0.25) is 9.59 Å². The highest BCUT2D eigenvalue weighted by atomic mass is 16.6. The number of benzene rings is 1. The number of rotatable bonds is 6. The molecular formula is C24H30O7. The summed E-state index contributed by atoms with van der Waals surface area (Å²) in [7, 11) is 0. The van der Waals surface area contributed by atoms with Crippen LogP contribution in [-0.2, 0) is 19.1 Å². The zero-order chi connectivity index (χ0) is 22.9. The topological polar surface area (TPSA) is 92.0 Å². The van der Waals surface area contributed by atoms with Crippen LogP contribution < -0.4 is 10.4 Å². The van der Waals surface area contributed by atoms with Crippen LogP contribution in [0.1, 0.15) is 66.1 Å². The van der Waals surface area contributed by atoms with E-state index in [9.17, 15) is 14.4 Å². The predicted molar refractivity (Wildman–Crippen MR) is 115 cm³/mol. The quantitative estimate of drug-likeness (QED) is 0.490. The standard InChI is InChI=1S/C24H30O7/c1-13(2)11-18(26)29-22-20-16(9-7-15-8-10-17(25)28-21(15)20)31-24(5,6)23(22)30-19(27)12-14(3)4/h7-10,13-14,22-23H,11-12H2,1-6H3/t22-,23+/m0/s1. The van der Waals surface area contributed by atoms with Crippen molar-refractivity contribution in [2.45, 2.75) is 72.2 Å². The van der Waals surface area contributed by atoms with Crippen molar-refractivity contribution < 1.29 is 28.2 Å². The summed E-state index contributed by atoms with van der Waals surface area (Å²) in [5.74, 6) is -0.221. The van der Waals surface area contributed by atoms with Gasteiger partial charge in [-0.15, -0.1) is 0 Å². The van der Waals surface area contributed by atoms with Gasteiger partial charge in [-0.1, -0.05) is 27.7 Å². The van der Waals surface area contributed by atoms with Gasteiger partial charge in [0.05, 0.1) is 5.56 Å². The van der Waals surface area contributed by atoms with Crippen molar-refractivity contribution in [2.24, 2.45) is 11.8 Å². The van der Waals surface area contributed by atoms with Crippen molar-refractivity contribution in [3.63, 3.8) is 0 Å². The molecule has 1 aromatic heterocycles. The lowest BCUT2D eigenvalue weighted by Gasteiger charge is -2.43. The van der Waals surface area contributed by atoms with E-state index < -0.39 is 35.4 Å². The van der Waals surface area contributed by atoms with Gasteiger partial charge in [-0.2, -0.15) is 0 Å². The molecule has 1 aliphatic rings. The molecule has 1 aliphatic heterocycles. The van der Waals surface area contributed by atoms with E-state index in [2.05, 4.69) is 0 Å². The molecule has 168 valence electrons. The van der Waals surface area contributed by atoms with Gasteiger partial charge < -0.3 is 18.6 Å². The lowest BCUT2D eigenvalue weighted by Crippen LogP contribution is -2.52. The van der Waals surface area contributed by atoms with E-state index >= 15 is 0 Å². The molecule has 3 rings (SSSR count). The lowest BCUT2D eigenvalue weighted by molar-refractivity contribution is -0.191. The Labute approximate surface area is 181 Å². The molecule has 0 saturated carbocycles. The van der Waals surface area contributed by atoms with E-state index in [0.717, 1.165) is 0 Å². The number of fused-ring (bicyclic) bond motifs is 3. The Kier molecular flexibility index (Phi) is 6.43. The van der Waals surface area contributed by atoms with Crippen LogP contribution in [0.25, 0.3) is 11.0 Å². The zero-order valence-electron chi connectivity index (χ0n) is 18.9. The molecule has 7 nitrogen and oxygen atoms in total. The van der Waals surface area contributed by atoms with Crippen molar-refractivity contribution in [2.75, 3.05) is 0 Å². The maximum atomic E-state index is 12.7. The summed E-state index contributed by atoms with van der Waals surface area (Å²) in [6, 6.07) is 6.47. The van der Waals surface area contributed by atoms with Gasteiger partial charge in [-0.25, -0.2) is 4.79 Å². The van der Waals surface area contributed by atoms with Crippen LogP contribution in [0.3, 0.4) is 0 Å². The molecule has 0 fully saturated rings. The number of hydrogen-bond acceptors (Lipinski definition) is 7. The molecule has 0 amide bonds. The van der Waals surface area contributed by atoms with Crippen molar-refractivity contribution in [1.29, 1.82) is 0 Å². The van der Waals surface area contributed by atoms with E-state index in [4.69, 9.17) is 18.6 Å². The van der Waals surface area contributed by atoms with E-state index in [0.29, 0.717) is 16.7 Å². The summed E-state index contributed by atoms with van der Waals surface area (Å²) < 4.78 is 23.3. The van der Waals surface area contributed by atoms with E-state index in [1.807, 2.05) is 27.7 Å². The minimum absolute atomic E-state index is 0.0900. The Morgan fingerprint density at radius 2 is 1.55 bits per heavy atom. The summed E-state index contributed by atoms with van der Waals surface area (Å²) in [5, 5.41) is 0.652. The van der Waals surface area contributed by atoms with Gasteiger partial charge in [0.2, 0.25) is 0 Å². The second-order valence-electron chi connectivity index (χ2n) is 9.37. The smallest absolute Gasteiger partial charge is 0.336 e. The van der Waals surface area contributed by atoms with Crippen molar-refractivity contribution in [1.82, 2.24) is 0 Å². The van der Waals surface area contributed by atoms with E-state index in [1.54, 1.807) is 32.0 Å². The summed E-state index contributed by atoms with van der Waals surface area (Å²) in [6.07, 6.45) is -1.47. The molecule has 0 bridgehead atoms. The first-order valence-electron chi connectivity index (χ1n) is 10.6. The largest absolute Gasteiger partial charge is 0.483 e. The Morgan fingerprint density at radius 3 is 2.16 bits per heavy atom. The zero-order valence-corrected chi connectivity index (χ0v) is 18.9. The molecule has 1 aromatic carbocycles. The van der Waals surface area contributed by atoms with Crippen molar-refractivity contribution in [3.05, 3.63) is 40.2 Å². The SMILES string of the molecule is CC(C)CC(=O)O[C@@H]1[C@@H](OC(=O)CC(C)C)c2c(ccc3ccc(=O)oc23)OC1(C)C. The number of carbonyl (C=O) groups is 2. The van der Waals surface area contributed by atoms with Crippen LogP contribution in [0, 0.1) is 11.8 Å². The third-order valence-electron chi connectivity index (χ3n) is 5.07. The van der Waals surface area contributed by atoms with Crippen molar-refractivity contribution >= 4 is 22.9 Å². The fourth-order valence-electron chi connectivity index (χ4n) is 3.72. The number of ether oxygens (including phenoxy) is 3. The molecule has 2 atom stereocenters. The number of esters is 2. The Hall–Kier alpha value is -2.83. The van der Waals surface area contributed by atoms with Crippen LogP contribution in [0.4, 0.5) is 0 Å². The minimum atomic E-state index is -0.981. The Balaban J connectivity index is 2.14. The number of hydrogen-bond donors (Lipinski definition) is 0. The molecule has 2 aromatic rings. The Morgan fingerprint density at radius 1 is 0.968 bits per heavy atom. The molecule has 0 N–H and O–H groups in total. The van der Waals surface area contributed by atoms with Gasteiger partial charge in [0, 0.05) is 24.3 Å². The molecule has 0 aliphatic carbocycles.